The summed E-state index contributed by atoms with van der Waals surface area (Å²) in [5.74, 6) is -6.21. The minimum absolute atomic E-state index is 0.0869. The van der Waals surface area contributed by atoms with E-state index in [0.717, 1.165) is 42.5 Å². The van der Waals surface area contributed by atoms with E-state index in [0.29, 0.717) is 11.1 Å². The molecule has 0 aromatic heterocycles. The number of alkyl halides is 6. The van der Waals surface area contributed by atoms with Gasteiger partial charge >= 0.3 is 18.3 Å². The van der Waals surface area contributed by atoms with Crippen LogP contribution in [-0.2, 0) is 66.8 Å². The van der Waals surface area contributed by atoms with Crippen molar-refractivity contribution in [2.24, 2.45) is 0 Å². The molecule has 0 spiro atoms. The third kappa shape index (κ3) is 12.6. The smallest absolute Gasteiger partial charge is 0.416 e. The highest BCUT2D eigenvalue weighted by molar-refractivity contribution is 5.97. The molecular formula is C42H39F6N5O7. The average Bonchev–Trinajstić information content (AvgIpc) is 3.19. The van der Waals surface area contributed by atoms with Gasteiger partial charge in [-0.15, -0.1) is 0 Å². The van der Waals surface area contributed by atoms with Gasteiger partial charge in [-0.1, -0.05) is 72.8 Å². The summed E-state index contributed by atoms with van der Waals surface area (Å²) in [6.07, 6.45) is -12.2. The number of benzene rings is 4. The van der Waals surface area contributed by atoms with Crippen LogP contribution in [0.3, 0.4) is 0 Å². The molecule has 6 rings (SSSR count). The quantitative estimate of drug-likeness (QED) is 0.115. The Labute approximate surface area is 339 Å². The standard InChI is InChI=1S/C42H39F6N5O7/c43-41(44,45)28-14-10-25(11-15-28)21-32-37(56)51-31(20-24-6-2-1-3-7-24)38(57)53-34(40(59)60)22-26-12-16-29(17-13-26)49-35(54)18-19-36(55)50-33(39(58)52-32)23-27-8-4-5-9-30(27)42(46,47)48/h1-17,31-34H,18-23H2,(H,49,54)(H,50,55)(H,51,56)(H,52,58)(H,53,57)(H,59,60)/t31-,32+,33-,34+/m1/s1. The monoisotopic (exact) mass is 839 g/mol. The van der Waals surface area contributed by atoms with E-state index in [1.54, 1.807) is 30.3 Å². The molecule has 2 heterocycles. The van der Waals surface area contributed by atoms with Crippen molar-refractivity contribution in [3.63, 3.8) is 0 Å². The Hall–Kier alpha value is -6.72. The zero-order valence-corrected chi connectivity index (χ0v) is 31.5. The molecule has 6 N–H and O–H groups in total. The van der Waals surface area contributed by atoms with Crippen LogP contribution in [-0.4, -0.2) is 64.8 Å². The first kappa shape index (κ1) is 44.4. The van der Waals surface area contributed by atoms with Crippen LogP contribution in [0.15, 0.2) is 103 Å². The molecule has 0 aliphatic carbocycles. The van der Waals surface area contributed by atoms with Gasteiger partial charge in [0.2, 0.25) is 29.5 Å². The number of anilines is 1. The molecule has 2 bridgehead atoms. The van der Waals surface area contributed by atoms with Gasteiger partial charge in [0.1, 0.15) is 24.2 Å². The number of rotatable bonds is 7. The van der Waals surface area contributed by atoms with Gasteiger partial charge in [-0.05, 0) is 52.6 Å². The van der Waals surface area contributed by atoms with Crippen molar-refractivity contribution in [1.29, 1.82) is 0 Å². The van der Waals surface area contributed by atoms with Crippen molar-refractivity contribution in [3.8, 4) is 0 Å². The van der Waals surface area contributed by atoms with Gasteiger partial charge in [0.15, 0.2) is 0 Å². The lowest BCUT2D eigenvalue weighted by molar-refractivity contribution is -0.142. The molecule has 4 aromatic carbocycles. The second kappa shape index (κ2) is 19.4. The summed E-state index contributed by atoms with van der Waals surface area (Å²) in [5.41, 5.74) is -1.23. The molecule has 12 nitrogen and oxygen atoms in total. The number of amides is 5. The van der Waals surface area contributed by atoms with Crippen molar-refractivity contribution >= 4 is 41.2 Å². The largest absolute Gasteiger partial charge is 0.480 e. The van der Waals surface area contributed by atoms with Crippen LogP contribution in [0.4, 0.5) is 32.0 Å². The van der Waals surface area contributed by atoms with Gasteiger partial charge in [0.25, 0.3) is 0 Å². The normalized spacial score (nSPS) is 20.1. The maximum Gasteiger partial charge on any atom is 0.416 e. The summed E-state index contributed by atoms with van der Waals surface area (Å²) in [6, 6.07) is 15.4. The first-order valence-electron chi connectivity index (χ1n) is 18.5. The lowest BCUT2D eigenvalue weighted by atomic mass is 9.97. The van der Waals surface area contributed by atoms with Crippen molar-refractivity contribution in [3.05, 3.63) is 137 Å². The second-order valence-electron chi connectivity index (χ2n) is 14.0. The van der Waals surface area contributed by atoms with Gasteiger partial charge < -0.3 is 31.7 Å². The van der Waals surface area contributed by atoms with Gasteiger partial charge in [-0.3, -0.25) is 24.0 Å². The molecule has 0 radical (unpaired) electrons. The minimum atomic E-state index is -4.88. The molecule has 5 amide bonds. The summed E-state index contributed by atoms with van der Waals surface area (Å²) >= 11 is 0. The van der Waals surface area contributed by atoms with E-state index >= 15 is 0 Å². The molecule has 18 heteroatoms. The molecule has 2 aliphatic rings. The molecule has 4 aromatic rings. The van der Waals surface area contributed by atoms with E-state index in [4.69, 9.17) is 0 Å². The van der Waals surface area contributed by atoms with Crippen molar-refractivity contribution in [2.75, 3.05) is 5.32 Å². The predicted octanol–water partition coefficient (Wildman–Crippen LogP) is 4.75. The molecule has 60 heavy (non-hydrogen) atoms. The molecule has 4 atom stereocenters. The summed E-state index contributed by atoms with van der Waals surface area (Å²) in [4.78, 5) is 80.6. The topological polar surface area (TPSA) is 183 Å². The van der Waals surface area contributed by atoms with E-state index < -0.39 is 114 Å². The van der Waals surface area contributed by atoms with Gasteiger partial charge in [0, 0.05) is 44.2 Å². The lowest BCUT2D eigenvalue weighted by Crippen LogP contribution is -2.59. The molecular weight excluding hydrogens is 800 g/mol. The number of hydrogen-bond donors (Lipinski definition) is 6. The van der Waals surface area contributed by atoms with Gasteiger partial charge in [-0.2, -0.15) is 26.3 Å². The highest BCUT2D eigenvalue weighted by atomic mass is 19.4. The van der Waals surface area contributed by atoms with Crippen LogP contribution in [0.2, 0.25) is 0 Å². The maximum absolute atomic E-state index is 14.2. The number of halogens is 6. The Morgan fingerprint density at radius 1 is 0.567 bits per heavy atom. The Kier molecular flexibility index (Phi) is 14.3. The fraction of sp³-hybridized carbons (Fsp3) is 0.286. The van der Waals surface area contributed by atoms with Gasteiger partial charge in [0.05, 0.1) is 11.1 Å². The number of hydrogen-bond acceptors (Lipinski definition) is 6. The first-order chi connectivity index (χ1) is 28.3. The Morgan fingerprint density at radius 2 is 1.08 bits per heavy atom. The van der Waals surface area contributed by atoms with Crippen molar-refractivity contribution in [1.82, 2.24) is 21.3 Å². The number of carbonyl (C=O) groups excluding carboxylic acids is 5. The fourth-order valence-electron chi connectivity index (χ4n) is 6.43. The van der Waals surface area contributed by atoms with E-state index in [1.165, 1.54) is 30.3 Å². The predicted molar refractivity (Wildman–Crippen MR) is 204 cm³/mol. The number of carboxylic acid groups (broad SMARTS) is 1. The van der Waals surface area contributed by atoms with Crippen molar-refractivity contribution in [2.45, 2.75) is 75.0 Å². The fourth-order valence-corrected chi connectivity index (χ4v) is 6.43. The van der Waals surface area contributed by atoms with Crippen LogP contribution in [0.25, 0.3) is 0 Å². The van der Waals surface area contributed by atoms with Crippen LogP contribution in [0.5, 0.6) is 0 Å². The minimum Gasteiger partial charge on any atom is -0.480 e. The highest BCUT2D eigenvalue weighted by Crippen LogP contribution is 2.33. The number of carboxylic acids is 1. The molecule has 316 valence electrons. The Balaban J connectivity index is 1.56. The number of fused-ring (bicyclic) bond motifs is 18. The van der Waals surface area contributed by atoms with Gasteiger partial charge in [-0.25, -0.2) is 4.79 Å². The summed E-state index contributed by atoms with van der Waals surface area (Å²) in [5, 5.41) is 22.3. The van der Waals surface area contributed by atoms with E-state index in [1.807, 2.05) is 0 Å². The van der Waals surface area contributed by atoms with E-state index in [-0.39, 0.29) is 24.1 Å². The number of carbonyl (C=O) groups is 6. The molecule has 2 aliphatic heterocycles. The number of aliphatic carboxylic acids is 1. The molecule has 0 saturated heterocycles. The Bertz CT molecular complexity index is 2180. The molecule has 0 saturated carbocycles. The zero-order chi connectivity index (χ0) is 43.6. The third-order valence-electron chi connectivity index (χ3n) is 9.54. The Morgan fingerprint density at radius 3 is 1.65 bits per heavy atom. The molecule has 0 fully saturated rings. The average molecular weight is 840 g/mol. The third-order valence-corrected chi connectivity index (χ3v) is 9.54. The molecule has 0 unspecified atom stereocenters. The summed E-state index contributed by atoms with van der Waals surface area (Å²) in [6.45, 7) is 0. The van der Waals surface area contributed by atoms with Crippen LogP contribution < -0.4 is 26.6 Å². The van der Waals surface area contributed by atoms with E-state index in [9.17, 15) is 60.2 Å². The SMILES string of the molecule is O=C1CCC(=O)N[C@H](Cc2ccccc2C(F)(F)F)C(=O)N[C@@H](Cc2ccc(C(F)(F)F)cc2)C(=O)N[C@H](Cc2ccccc2)C(=O)N[C@H](C(=O)O)Cc2ccc(cc2)N1. The summed E-state index contributed by atoms with van der Waals surface area (Å²) in [7, 11) is 0. The van der Waals surface area contributed by atoms with Crippen LogP contribution >= 0.6 is 0 Å². The highest BCUT2D eigenvalue weighted by Gasteiger charge is 2.36. The van der Waals surface area contributed by atoms with Crippen LogP contribution in [0.1, 0.15) is 46.2 Å². The first-order valence-corrected chi connectivity index (χ1v) is 18.5. The lowest BCUT2D eigenvalue weighted by Gasteiger charge is -2.27. The number of nitrogens with one attached hydrogen (secondary N) is 5. The zero-order valence-electron chi connectivity index (χ0n) is 31.5. The summed E-state index contributed by atoms with van der Waals surface area (Å²) < 4.78 is 82.4. The van der Waals surface area contributed by atoms with E-state index in [2.05, 4.69) is 26.6 Å². The second-order valence-corrected chi connectivity index (χ2v) is 14.0. The van der Waals surface area contributed by atoms with Crippen molar-refractivity contribution < 1.29 is 60.2 Å². The maximum atomic E-state index is 14.2. The van der Waals surface area contributed by atoms with Crippen LogP contribution in [0, 0.1) is 0 Å².